The number of thiophene rings is 1. The summed E-state index contributed by atoms with van der Waals surface area (Å²) in [5.41, 5.74) is 13.3. The molecule has 8 heteroatoms. The Labute approximate surface area is 219 Å². The number of aromatic amines is 1. The third-order valence-corrected chi connectivity index (χ3v) is 9.39. The second kappa shape index (κ2) is 10.7. The number of nitriles is 1. The van der Waals surface area contributed by atoms with Crippen molar-refractivity contribution in [1.29, 1.82) is 5.26 Å². The van der Waals surface area contributed by atoms with Crippen LogP contribution in [0.2, 0.25) is 0 Å². The summed E-state index contributed by atoms with van der Waals surface area (Å²) >= 11 is 1.89. The topological polar surface area (TPSA) is 101 Å². The number of amides is 1. The number of allylic oxidation sites excluding steroid dienone is 2. The molecule has 0 aromatic carbocycles. The summed E-state index contributed by atoms with van der Waals surface area (Å²) in [5.74, 6) is 1.07. The van der Waals surface area contributed by atoms with Crippen LogP contribution >= 0.6 is 11.3 Å². The highest BCUT2D eigenvalue weighted by Gasteiger charge is 2.34. The van der Waals surface area contributed by atoms with Crippen LogP contribution in [0.1, 0.15) is 80.5 Å². The first kappa shape index (κ1) is 26.3. The van der Waals surface area contributed by atoms with Crippen molar-refractivity contribution < 1.29 is 4.79 Å². The van der Waals surface area contributed by atoms with Crippen LogP contribution in [0, 0.1) is 18.4 Å². The Morgan fingerprint density at radius 3 is 2.56 bits per heavy atom. The molecule has 1 amide bonds. The standard InChI is InChI=1S/C28H40N6OS/c1-16(2)23-24-19(5)26(20-8-11-34(12-9-20)22-7-10-31-27(22)35)36-28(24)32-25(23)21(13-29)18(4)17(3)14-33(6)15-30/h13,16,20,22,32H,7-12,14,29H2,1-6H3,(H,31,35)/b18-17-,21-13+. The van der Waals surface area contributed by atoms with Crippen molar-refractivity contribution in [3.63, 3.8) is 0 Å². The van der Waals surface area contributed by atoms with E-state index in [1.807, 2.05) is 11.3 Å². The lowest BCUT2D eigenvalue weighted by molar-refractivity contribution is -0.124. The lowest BCUT2D eigenvalue weighted by Gasteiger charge is -2.34. The zero-order valence-corrected chi connectivity index (χ0v) is 23.3. The van der Waals surface area contributed by atoms with Crippen LogP contribution in [0.25, 0.3) is 15.8 Å². The quantitative estimate of drug-likeness (QED) is 0.284. The molecule has 2 fully saturated rings. The van der Waals surface area contributed by atoms with Gasteiger partial charge in [-0.05, 0) is 87.2 Å². The summed E-state index contributed by atoms with van der Waals surface area (Å²) in [5, 5.41) is 13.5. The Morgan fingerprint density at radius 2 is 2.00 bits per heavy atom. The molecule has 0 bridgehead atoms. The van der Waals surface area contributed by atoms with Crippen molar-refractivity contribution in [3.8, 4) is 6.19 Å². The number of fused-ring (bicyclic) bond motifs is 1. The van der Waals surface area contributed by atoms with Crippen LogP contribution < -0.4 is 11.1 Å². The number of aromatic nitrogens is 1. The van der Waals surface area contributed by atoms with Gasteiger partial charge in [0.05, 0.1) is 11.7 Å². The molecule has 2 saturated heterocycles. The van der Waals surface area contributed by atoms with E-state index in [-0.39, 0.29) is 11.9 Å². The average molecular weight is 509 g/mol. The minimum atomic E-state index is 0.0641. The van der Waals surface area contributed by atoms with E-state index < -0.39 is 0 Å². The fourth-order valence-corrected chi connectivity index (χ4v) is 7.36. The van der Waals surface area contributed by atoms with E-state index in [0.717, 1.165) is 61.3 Å². The van der Waals surface area contributed by atoms with Gasteiger partial charge in [0.25, 0.3) is 0 Å². The molecule has 194 valence electrons. The van der Waals surface area contributed by atoms with E-state index in [1.165, 1.54) is 26.2 Å². The van der Waals surface area contributed by atoms with Crippen molar-refractivity contribution in [2.75, 3.05) is 33.2 Å². The molecule has 2 aliphatic heterocycles. The van der Waals surface area contributed by atoms with E-state index in [2.05, 4.69) is 56.0 Å². The van der Waals surface area contributed by atoms with Crippen LogP contribution in [0.15, 0.2) is 17.3 Å². The first-order valence-electron chi connectivity index (χ1n) is 13.0. The zero-order chi connectivity index (χ0) is 26.1. The number of nitrogens with two attached hydrogens (primary N) is 1. The molecule has 4 rings (SSSR count). The van der Waals surface area contributed by atoms with Gasteiger partial charge in [0.2, 0.25) is 5.91 Å². The van der Waals surface area contributed by atoms with Gasteiger partial charge in [-0.25, -0.2) is 0 Å². The van der Waals surface area contributed by atoms with Gasteiger partial charge in [0.15, 0.2) is 6.19 Å². The first-order chi connectivity index (χ1) is 17.2. The van der Waals surface area contributed by atoms with Crippen LogP contribution in [0.5, 0.6) is 0 Å². The number of aryl methyl sites for hydroxylation is 1. The predicted octanol–water partition coefficient (Wildman–Crippen LogP) is 4.78. The van der Waals surface area contributed by atoms with Gasteiger partial charge in [-0.2, -0.15) is 5.26 Å². The van der Waals surface area contributed by atoms with E-state index in [0.29, 0.717) is 18.4 Å². The van der Waals surface area contributed by atoms with Gasteiger partial charge in [-0.15, -0.1) is 11.3 Å². The SMILES string of the molecule is C/C(CN(C)C#N)=C(C)/C(=C\N)c1[nH]c2sc(C3CCN(C4CCNC4=O)CC3)c(C)c2c1C(C)C. The molecule has 1 unspecified atom stereocenters. The zero-order valence-electron chi connectivity index (χ0n) is 22.5. The van der Waals surface area contributed by atoms with Crippen molar-refractivity contribution in [3.05, 3.63) is 39.0 Å². The Morgan fingerprint density at radius 1 is 1.31 bits per heavy atom. The van der Waals surface area contributed by atoms with Crippen molar-refractivity contribution >= 4 is 33.0 Å². The van der Waals surface area contributed by atoms with Crippen LogP contribution in [0.4, 0.5) is 0 Å². The molecule has 1 atom stereocenters. The number of likely N-dealkylation sites (N-methyl/N-ethyl adjacent to an activating group) is 1. The number of likely N-dealkylation sites (tertiary alicyclic amines) is 1. The Balaban J connectivity index is 1.64. The van der Waals surface area contributed by atoms with Gasteiger partial charge in [-0.1, -0.05) is 13.8 Å². The molecule has 4 heterocycles. The van der Waals surface area contributed by atoms with Crippen LogP contribution in [-0.2, 0) is 4.79 Å². The molecule has 0 saturated carbocycles. The van der Waals surface area contributed by atoms with Gasteiger partial charge in [-0.3, -0.25) is 9.69 Å². The largest absolute Gasteiger partial charge is 0.404 e. The monoisotopic (exact) mass is 508 g/mol. The highest BCUT2D eigenvalue weighted by Crippen LogP contribution is 2.45. The number of piperidine rings is 1. The molecule has 2 aliphatic rings. The molecular weight excluding hydrogens is 468 g/mol. The summed E-state index contributed by atoms with van der Waals surface area (Å²) in [6.45, 7) is 14.3. The highest BCUT2D eigenvalue weighted by molar-refractivity contribution is 7.19. The maximum atomic E-state index is 12.1. The van der Waals surface area contributed by atoms with E-state index >= 15 is 0 Å². The Kier molecular flexibility index (Phi) is 7.82. The molecule has 0 aliphatic carbocycles. The Bertz CT molecular complexity index is 1230. The van der Waals surface area contributed by atoms with Gasteiger partial charge in [0.1, 0.15) is 4.83 Å². The van der Waals surface area contributed by atoms with Gasteiger partial charge < -0.3 is 20.9 Å². The smallest absolute Gasteiger partial charge is 0.237 e. The number of hydrogen-bond donors (Lipinski definition) is 3. The minimum Gasteiger partial charge on any atom is -0.404 e. The van der Waals surface area contributed by atoms with Crippen LogP contribution in [-0.4, -0.2) is 60.0 Å². The van der Waals surface area contributed by atoms with Gasteiger partial charge in [0, 0.05) is 42.2 Å². The summed E-state index contributed by atoms with van der Waals surface area (Å²) in [6.07, 6.45) is 7.01. The Hall–Kier alpha value is -2.76. The lowest BCUT2D eigenvalue weighted by Crippen LogP contribution is -2.44. The van der Waals surface area contributed by atoms with Crippen LogP contribution in [0.3, 0.4) is 0 Å². The molecular formula is C28H40N6OS. The van der Waals surface area contributed by atoms with E-state index in [4.69, 9.17) is 5.73 Å². The molecule has 36 heavy (non-hydrogen) atoms. The number of carbonyl (C=O) groups excluding carboxylic acids is 1. The maximum Gasteiger partial charge on any atom is 0.237 e. The number of nitrogens with zero attached hydrogens (tertiary/aromatic N) is 3. The maximum absolute atomic E-state index is 12.1. The molecule has 2 aromatic heterocycles. The van der Waals surface area contributed by atoms with Crippen molar-refractivity contribution in [1.82, 2.24) is 20.1 Å². The predicted molar refractivity (Wildman–Crippen MR) is 149 cm³/mol. The molecule has 4 N–H and O–H groups in total. The lowest BCUT2D eigenvalue weighted by atomic mass is 9.89. The van der Waals surface area contributed by atoms with Gasteiger partial charge >= 0.3 is 0 Å². The minimum absolute atomic E-state index is 0.0641. The number of hydrogen-bond acceptors (Lipinski definition) is 6. The van der Waals surface area contributed by atoms with Crippen molar-refractivity contribution in [2.45, 2.75) is 71.8 Å². The number of rotatable bonds is 7. The van der Waals surface area contributed by atoms with E-state index in [1.54, 1.807) is 18.1 Å². The van der Waals surface area contributed by atoms with Crippen molar-refractivity contribution in [2.24, 2.45) is 5.73 Å². The number of carbonyl (C=O) groups is 1. The molecule has 0 spiro atoms. The second-order valence-corrected chi connectivity index (χ2v) is 11.8. The summed E-state index contributed by atoms with van der Waals surface area (Å²) in [6, 6.07) is 0.0641. The normalized spacial score (nSPS) is 20.7. The summed E-state index contributed by atoms with van der Waals surface area (Å²) in [7, 11) is 1.80. The number of nitrogens with one attached hydrogen (secondary N) is 2. The first-order valence-corrected chi connectivity index (χ1v) is 13.9. The third-order valence-electron chi connectivity index (χ3n) is 8.02. The summed E-state index contributed by atoms with van der Waals surface area (Å²) < 4.78 is 0. The van der Waals surface area contributed by atoms with E-state index in [9.17, 15) is 10.1 Å². The average Bonchev–Trinajstić information content (AvgIpc) is 3.54. The molecule has 7 nitrogen and oxygen atoms in total. The number of H-pyrrole nitrogens is 1. The third kappa shape index (κ3) is 4.79. The molecule has 2 aromatic rings. The second-order valence-electron chi connectivity index (χ2n) is 10.7. The summed E-state index contributed by atoms with van der Waals surface area (Å²) in [4.78, 5) is 22.6. The molecule has 0 radical (unpaired) electrons. The fourth-order valence-electron chi connectivity index (χ4n) is 5.97. The highest BCUT2D eigenvalue weighted by atomic mass is 32.1. The fraction of sp³-hybridized carbons (Fsp3) is 0.571.